The molecular formula is C13H18N2O3. The van der Waals surface area contributed by atoms with E-state index >= 15 is 0 Å². The SMILES string of the molecule is CC(C)C(N)CC(=O)Nc1cccc(C(=O)O)c1. The quantitative estimate of drug-likeness (QED) is 0.741. The number of hydrogen-bond acceptors (Lipinski definition) is 3. The molecule has 0 saturated carbocycles. The summed E-state index contributed by atoms with van der Waals surface area (Å²) in [4.78, 5) is 22.4. The number of benzene rings is 1. The molecule has 0 aliphatic heterocycles. The maximum absolute atomic E-state index is 11.7. The molecule has 5 heteroatoms. The summed E-state index contributed by atoms with van der Waals surface area (Å²) in [6.07, 6.45) is 0.217. The highest BCUT2D eigenvalue weighted by atomic mass is 16.4. The Hall–Kier alpha value is -1.88. The van der Waals surface area contributed by atoms with E-state index in [4.69, 9.17) is 10.8 Å². The lowest BCUT2D eigenvalue weighted by molar-refractivity contribution is -0.116. The largest absolute Gasteiger partial charge is 0.478 e. The van der Waals surface area contributed by atoms with Gasteiger partial charge in [0.05, 0.1) is 5.56 Å². The fourth-order valence-electron chi connectivity index (χ4n) is 1.39. The van der Waals surface area contributed by atoms with Gasteiger partial charge in [-0.1, -0.05) is 19.9 Å². The van der Waals surface area contributed by atoms with Crippen LogP contribution >= 0.6 is 0 Å². The van der Waals surface area contributed by atoms with Gasteiger partial charge in [0.1, 0.15) is 0 Å². The van der Waals surface area contributed by atoms with Crippen LogP contribution in [0.3, 0.4) is 0 Å². The molecule has 0 radical (unpaired) electrons. The molecule has 0 spiro atoms. The zero-order valence-electron chi connectivity index (χ0n) is 10.5. The van der Waals surface area contributed by atoms with E-state index in [2.05, 4.69) is 5.32 Å². The third-order valence-corrected chi connectivity index (χ3v) is 2.67. The molecule has 0 aromatic heterocycles. The highest BCUT2D eigenvalue weighted by Gasteiger charge is 2.13. The number of anilines is 1. The first-order valence-electron chi connectivity index (χ1n) is 5.79. The van der Waals surface area contributed by atoms with Gasteiger partial charge in [0.2, 0.25) is 5.91 Å². The van der Waals surface area contributed by atoms with Gasteiger partial charge in [0.15, 0.2) is 0 Å². The zero-order chi connectivity index (χ0) is 13.7. The Morgan fingerprint density at radius 1 is 1.39 bits per heavy atom. The topological polar surface area (TPSA) is 92.4 Å². The summed E-state index contributed by atoms with van der Waals surface area (Å²) in [5.74, 6) is -1.01. The summed E-state index contributed by atoms with van der Waals surface area (Å²) in [5, 5.41) is 11.5. The molecule has 98 valence electrons. The van der Waals surface area contributed by atoms with Gasteiger partial charge in [0.25, 0.3) is 0 Å². The van der Waals surface area contributed by atoms with Crippen molar-refractivity contribution in [2.24, 2.45) is 11.7 Å². The molecule has 1 amide bonds. The molecule has 0 bridgehead atoms. The average molecular weight is 250 g/mol. The summed E-state index contributed by atoms with van der Waals surface area (Å²) in [6.45, 7) is 3.89. The smallest absolute Gasteiger partial charge is 0.335 e. The lowest BCUT2D eigenvalue weighted by Crippen LogP contribution is -2.31. The number of carboxylic acid groups (broad SMARTS) is 1. The van der Waals surface area contributed by atoms with Crippen molar-refractivity contribution in [1.29, 1.82) is 0 Å². The minimum Gasteiger partial charge on any atom is -0.478 e. The molecule has 1 rings (SSSR count). The fraction of sp³-hybridized carbons (Fsp3) is 0.385. The van der Waals surface area contributed by atoms with Crippen molar-refractivity contribution in [3.05, 3.63) is 29.8 Å². The van der Waals surface area contributed by atoms with Crippen molar-refractivity contribution in [2.45, 2.75) is 26.3 Å². The second-order valence-electron chi connectivity index (χ2n) is 4.55. The van der Waals surface area contributed by atoms with Crippen LogP contribution in [0.5, 0.6) is 0 Å². The highest BCUT2D eigenvalue weighted by molar-refractivity contribution is 5.94. The maximum atomic E-state index is 11.7. The molecule has 1 aromatic rings. The number of nitrogens with one attached hydrogen (secondary N) is 1. The molecule has 0 fully saturated rings. The zero-order valence-corrected chi connectivity index (χ0v) is 10.5. The van der Waals surface area contributed by atoms with E-state index in [9.17, 15) is 9.59 Å². The predicted octanol–water partition coefficient (Wildman–Crippen LogP) is 1.70. The van der Waals surface area contributed by atoms with E-state index in [1.807, 2.05) is 13.8 Å². The summed E-state index contributed by atoms with van der Waals surface area (Å²) in [5.41, 5.74) is 6.40. The summed E-state index contributed by atoms with van der Waals surface area (Å²) < 4.78 is 0. The number of amides is 1. The number of carbonyl (C=O) groups is 2. The van der Waals surface area contributed by atoms with Crippen LogP contribution in [0.1, 0.15) is 30.6 Å². The molecule has 0 heterocycles. The predicted molar refractivity (Wildman–Crippen MR) is 69.5 cm³/mol. The number of aromatic carboxylic acids is 1. The minimum absolute atomic E-state index is 0.140. The summed E-state index contributed by atoms with van der Waals surface area (Å²) >= 11 is 0. The second kappa shape index (κ2) is 6.16. The standard InChI is InChI=1S/C13H18N2O3/c1-8(2)11(14)7-12(16)15-10-5-3-4-9(6-10)13(17)18/h3-6,8,11H,7,14H2,1-2H3,(H,15,16)(H,17,18). The highest BCUT2D eigenvalue weighted by Crippen LogP contribution is 2.12. The average Bonchev–Trinajstić information content (AvgIpc) is 2.28. The van der Waals surface area contributed by atoms with Gasteiger partial charge < -0.3 is 16.2 Å². The van der Waals surface area contributed by atoms with Crippen molar-refractivity contribution < 1.29 is 14.7 Å². The van der Waals surface area contributed by atoms with Crippen LogP contribution in [0.4, 0.5) is 5.69 Å². The van der Waals surface area contributed by atoms with Crippen LogP contribution in [0.15, 0.2) is 24.3 Å². The van der Waals surface area contributed by atoms with E-state index in [1.54, 1.807) is 12.1 Å². The molecule has 0 saturated heterocycles. The van der Waals surface area contributed by atoms with Crippen LogP contribution in [-0.2, 0) is 4.79 Å². The number of carbonyl (C=O) groups excluding carboxylic acids is 1. The fourth-order valence-corrected chi connectivity index (χ4v) is 1.39. The first-order valence-corrected chi connectivity index (χ1v) is 5.79. The first kappa shape index (κ1) is 14.2. The van der Waals surface area contributed by atoms with E-state index < -0.39 is 5.97 Å². The third kappa shape index (κ3) is 4.18. The van der Waals surface area contributed by atoms with Gasteiger partial charge in [0, 0.05) is 18.2 Å². The minimum atomic E-state index is -1.02. The van der Waals surface area contributed by atoms with E-state index in [-0.39, 0.29) is 29.9 Å². The molecule has 0 aliphatic carbocycles. The Morgan fingerprint density at radius 3 is 2.61 bits per heavy atom. The number of hydrogen-bond donors (Lipinski definition) is 3. The molecule has 4 N–H and O–H groups in total. The van der Waals surface area contributed by atoms with Gasteiger partial charge in [-0.3, -0.25) is 4.79 Å². The monoisotopic (exact) mass is 250 g/mol. The van der Waals surface area contributed by atoms with Gasteiger partial charge in [-0.2, -0.15) is 0 Å². The second-order valence-corrected chi connectivity index (χ2v) is 4.55. The normalized spacial score (nSPS) is 12.2. The number of nitrogens with two attached hydrogens (primary N) is 1. The van der Waals surface area contributed by atoms with Gasteiger partial charge in [-0.25, -0.2) is 4.79 Å². The van der Waals surface area contributed by atoms with Crippen molar-refractivity contribution >= 4 is 17.6 Å². The molecular weight excluding hydrogens is 232 g/mol. The summed E-state index contributed by atoms with van der Waals surface area (Å²) in [6, 6.07) is 5.92. The van der Waals surface area contributed by atoms with E-state index in [0.29, 0.717) is 5.69 Å². The van der Waals surface area contributed by atoms with Gasteiger partial charge >= 0.3 is 5.97 Å². The van der Waals surface area contributed by atoms with Crippen LogP contribution in [0.25, 0.3) is 0 Å². The van der Waals surface area contributed by atoms with Crippen molar-refractivity contribution in [2.75, 3.05) is 5.32 Å². The van der Waals surface area contributed by atoms with E-state index in [1.165, 1.54) is 12.1 Å². The Labute approximate surface area is 106 Å². The van der Waals surface area contributed by atoms with Crippen molar-refractivity contribution in [3.8, 4) is 0 Å². The van der Waals surface area contributed by atoms with Crippen LogP contribution < -0.4 is 11.1 Å². The molecule has 5 nitrogen and oxygen atoms in total. The van der Waals surface area contributed by atoms with Crippen molar-refractivity contribution in [3.63, 3.8) is 0 Å². The first-order chi connectivity index (χ1) is 8.40. The third-order valence-electron chi connectivity index (χ3n) is 2.67. The molecule has 1 unspecified atom stereocenters. The Balaban J connectivity index is 2.65. The van der Waals surface area contributed by atoms with Crippen molar-refractivity contribution in [1.82, 2.24) is 0 Å². The van der Waals surface area contributed by atoms with E-state index in [0.717, 1.165) is 0 Å². The molecule has 18 heavy (non-hydrogen) atoms. The maximum Gasteiger partial charge on any atom is 0.335 e. The number of carboxylic acids is 1. The molecule has 1 atom stereocenters. The Morgan fingerprint density at radius 2 is 2.06 bits per heavy atom. The molecule has 0 aliphatic rings. The Bertz CT molecular complexity index is 444. The number of rotatable bonds is 5. The van der Waals surface area contributed by atoms with Crippen LogP contribution in [0, 0.1) is 5.92 Å². The van der Waals surface area contributed by atoms with Gasteiger partial charge in [-0.05, 0) is 24.1 Å². The lowest BCUT2D eigenvalue weighted by atomic mass is 10.0. The van der Waals surface area contributed by atoms with Crippen LogP contribution in [-0.4, -0.2) is 23.0 Å². The molecule has 1 aromatic carbocycles. The van der Waals surface area contributed by atoms with Crippen LogP contribution in [0.2, 0.25) is 0 Å². The van der Waals surface area contributed by atoms with Gasteiger partial charge in [-0.15, -0.1) is 0 Å². The Kier molecular flexibility index (Phi) is 4.85. The summed E-state index contributed by atoms with van der Waals surface area (Å²) in [7, 11) is 0. The lowest BCUT2D eigenvalue weighted by Gasteiger charge is -2.15.